The van der Waals surface area contributed by atoms with Crippen LogP contribution < -0.4 is 5.56 Å². The molecule has 1 aromatic rings. The number of hydrogen-bond donors (Lipinski definition) is 1. The molecule has 13 heavy (non-hydrogen) atoms. The van der Waals surface area contributed by atoms with Crippen molar-refractivity contribution in [2.24, 2.45) is 7.05 Å². The molecule has 0 radical (unpaired) electrons. The van der Waals surface area contributed by atoms with Crippen LogP contribution in [0.15, 0.2) is 22.0 Å². The summed E-state index contributed by atoms with van der Waals surface area (Å²) >= 11 is 0.406. The van der Waals surface area contributed by atoms with Gasteiger partial charge in [0, 0.05) is 25.3 Å². The molecule has 0 saturated heterocycles. The summed E-state index contributed by atoms with van der Waals surface area (Å²) in [5.41, 5.74) is -0.692. The molecule has 7 heteroatoms. The molecular weight excluding hydrogens is 221 g/mol. The summed E-state index contributed by atoms with van der Waals surface area (Å²) in [6, 6.07) is 0.993. The Morgan fingerprint density at radius 3 is 2.54 bits per heavy atom. The van der Waals surface area contributed by atoms with Crippen molar-refractivity contribution in [2.75, 3.05) is 0 Å². The zero-order valence-corrected chi connectivity index (χ0v) is 8.28. The molecule has 0 aliphatic heterocycles. The van der Waals surface area contributed by atoms with E-state index in [1.165, 1.54) is 13.2 Å². The summed E-state index contributed by atoms with van der Waals surface area (Å²) in [5.74, 6) is -0.855. The largest absolute Gasteiger partial charge is 0.412 e. The molecule has 3 N–H and O–H groups in total. The number of aromatic nitrogens is 1. The molecule has 1 rings (SSSR count). The van der Waals surface area contributed by atoms with Crippen LogP contribution in [0.4, 0.5) is 4.39 Å². The SMILES string of the molecule is Cl.Cn1cc(SO)cc(F)c1=O.O. The molecule has 0 aromatic carbocycles. The second-order valence-electron chi connectivity index (χ2n) is 2.03. The first-order valence-corrected chi connectivity index (χ1v) is 3.60. The molecular formula is C6H9ClFNO3S. The van der Waals surface area contributed by atoms with E-state index < -0.39 is 11.4 Å². The van der Waals surface area contributed by atoms with E-state index in [1.807, 2.05) is 0 Å². The molecule has 0 fully saturated rings. The van der Waals surface area contributed by atoms with Crippen LogP contribution in [0.3, 0.4) is 0 Å². The van der Waals surface area contributed by atoms with Crippen LogP contribution >= 0.6 is 24.4 Å². The van der Waals surface area contributed by atoms with E-state index in [-0.39, 0.29) is 17.9 Å². The number of nitrogens with zero attached hydrogens (tertiary/aromatic N) is 1. The molecule has 0 amide bonds. The van der Waals surface area contributed by atoms with Crippen molar-refractivity contribution in [1.82, 2.24) is 4.57 Å². The second-order valence-corrected chi connectivity index (χ2v) is 2.69. The smallest absolute Gasteiger partial charge is 0.286 e. The molecule has 4 nitrogen and oxygen atoms in total. The molecule has 0 aliphatic rings. The van der Waals surface area contributed by atoms with Gasteiger partial charge in [0.2, 0.25) is 0 Å². The fraction of sp³-hybridized carbons (Fsp3) is 0.167. The minimum atomic E-state index is -0.855. The van der Waals surface area contributed by atoms with Crippen LogP contribution in [-0.4, -0.2) is 14.6 Å². The van der Waals surface area contributed by atoms with Crippen molar-refractivity contribution in [3.63, 3.8) is 0 Å². The zero-order chi connectivity index (χ0) is 8.43. The first-order chi connectivity index (χ1) is 5.15. The summed E-state index contributed by atoms with van der Waals surface area (Å²) in [5, 5.41) is 0. The van der Waals surface area contributed by atoms with E-state index in [0.717, 1.165) is 10.6 Å². The molecule has 0 bridgehead atoms. The van der Waals surface area contributed by atoms with Gasteiger partial charge in [-0.2, -0.15) is 0 Å². The molecule has 0 unspecified atom stereocenters. The first kappa shape index (κ1) is 14.9. The summed E-state index contributed by atoms with van der Waals surface area (Å²) < 4.78 is 22.2. The Kier molecular flexibility index (Phi) is 6.87. The Hall–Kier alpha value is -0.560. The third kappa shape index (κ3) is 3.35. The molecule has 1 aromatic heterocycles. The van der Waals surface area contributed by atoms with Gasteiger partial charge < -0.3 is 14.6 Å². The quantitative estimate of drug-likeness (QED) is 0.720. The average Bonchev–Trinajstić information content (AvgIpc) is 1.99. The highest BCUT2D eigenvalue weighted by molar-refractivity contribution is 7.93. The predicted molar refractivity (Wildman–Crippen MR) is 51.0 cm³/mol. The molecule has 1 heterocycles. The van der Waals surface area contributed by atoms with Crippen LogP contribution in [0.2, 0.25) is 0 Å². The van der Waals surface area contributed by atoms with Gasteiger partial charge in [0.25, 0.3) is 5.56 Å². The summed E-state index contributed by atoms with van der Waals surface area (Å²) in [7, 11) is 1.42. The Morgan fingerprint density at radius 2 is 2.15 bits per heavy atom. The van der Waals surface area contributed by atoms with Crippen molar-refractivity contribution in [3.8, 4) is 0 Å². The Balaban J connectivity index is 0. The minimum Gasteiger partial charge on any atom is -0.412 e. The minimum absolute atomic E-state index is 0. The van der Waals surface area contributed by atoms with Gasteiger partial charge in [0.05, 0.1) is 4.90 Å². The van der Waals surface area contributed by atoms with Gasteiger partial charge in [0.1, 0.15) is 0 Å². The summed E-state index contributed by atoms with van der Waals surface area (Å²) in [6.45, 7) is 0. The summed E-state index contributed by atoms with van der Waals surface area (Å²) in [4.78, 5) is 11.0. The van der Waals surface area contributed by atoms with E-state index in [9.17, 15) is 9.18 Å². The van der Waals surface area contributed by atoms with Gasteiger partial charge in [-0.05, 0) is 6.07 Å². The lowest BCUT2D eigenvalue weighted by Gasteiger charge is -1.98. The van der Waals surface area contributed by atoms with Crippen LogP contribution in [0, 0.1) is 5.82 Å². The highest BCUT2D eigenvalue weighted by atomic mass is 35.5. The van der Waals surface area contributed by atoms with E-state index in [0.29, 0.717) is 16.9 Å². The highest BCUT2D eigenvalue weighted by Crippen LogP contribution is 2.11. The second kappa shape index (κ2) is 5.98. The number of hydrogen-bond acceptors (Lipinski definition) is 3. The fourth-order valence-electron chi connectivity index (χ4n) is 0.692. The maximum absolute atomic E-state index is 12.6. The van der Waals surface area contributed by atoms with Crippen LogP contribution in [0.5, 0.6) is 0 Å². The van der Waals surface area contributed by atoms with Crippen molar-refractivity contribution in [3.05, 3.63) is 28.4 Å². The van der Waals surface area contributed by atoms with Gasteiger partial charge in [-0.3, -0.25) is 4.79 Å². The third-order valence-electron chi connectivity index (χ3n) is 1.22. The fourth-order valence-corrected chi connectivity index (χ4v) is 1.05. The first-order valence-electron chi connectivity index (χ1n) is 2.82. The van der Waals surface area contributed by atoms with Crippen LogP contribution in [-0.2, 0) is 7.05 Å². The normalized spacial score (nSPS) is 8.54. The Morgan fingerprint density at radius 1 is 1.62 bits per heavy atom. The maximum Gasteiger partial charge on any atom is 0.286 e. The van der Waals surface area contributed by atoms with Crippen molar-refractivity contribution in [2.45, 2.75) is 4.90 Å². The number of rotatable bonds is 1. The van der Waals surface area contributed by atoms with E-state index >= 15 is 0 Å². The molecule has 0 aliphatic carbocycles. The van der Waals surface area contributed by atoms with Gasteiger partial charge in [-0.15, -0.1) is 12.4 Å². The zero-order valence-electron chi connectivity index (χ0n) is 6.65. The van der Waals surface area contributed by atoms with Crippen LogP contribution in [0.1, 0.15) is 0 Å². The number of pyridine rings is 1. The molecule has 0 saturated carbocycles. The lowest BCUT2D eigenvalue weighted by atomic mass is 10.4. The molecule has 76 valence electrons. The van der Waals surface area contributed by atoms with Crippen molar-refractivity contribution >= 4 is 24.4 Å². The van der Waals surface area contributed by atoms with Crippen molar-refractivity contribution < 1.29 is 14.4 Å². The van der Waals surface area contributed by atoms with Gasteiger partial charge >= 0.3 is 0 Å². The van der Waals surface area contributed by atoms with Crippen molar-refractivity contribution in [1.29, 1.82) is 0 Å². The van der Waals surface area contributed by atoms with E-state index in [4.69, 9.17) is 4.55 Å². The Bertz CT molecular complexity index is 304. The maximum atomic E-state index is 12.6. The van der Waals surface area contributed by atoms with E-state index in [2.05, 4.69) is 0 Å². The lowest BCUT2D eigenvalue weighted by Crippen LogP contribution is -2.19. The van der Waals surface area contributed by atoms with Crippen LogP contribution in [0.25, 0.3) is 0 Å². The predicted octanol–water partition coefficient (Wildman–Crippen LogP) is 0.687. The van der Waals surface area contributed by atoms with E-state index in [1.54, 1.807) is 0 Å². The Labute approximate surface area is 84.3 Å². The monoisotopic (exact) mass is 229 g/mol. The number of halogens is 2. The highest BCUT2D eigenvalue weighted by Gasteiger charge is 2.02. The van der Waals surface area contributed by atoms with Gasteiger partial charge in [-0.25, -0.2) is 4.39 Å². The van der Waals surface area contributed by atoms with Gasteiger partial charge in [-0.1, -0.05) is 0 Å². The third-order valence-corrected chi connectivity index (χ3v) is 1.65. The lowest BCUT2D eigenvalue weighted by molar-refractivity contribution is 0.581. The average molecular weight is 230 g/mol. The van der Waals surface area contributed by atoms with Gasteiger partial charge in [0.15, 0.2) is 5.82 Å². The molecule has 0 spiro atoms. The number of aryl methyl sites for hydroxylation is 1. The molecule has 0 atom stereocenters. The summed E-state index contributed by atoms with van der Waals surface area (Å²) in [6.07, 6.45) is 1.36. The topological polar surface area (TPSA) is 73.7 Å². The standard InChI is InChI=1S/C6H6FNO2S.ClH.H2O/c1-8-3-4(11-10)2-5(7)6(8)9;;/h2-3,10H,1H3;1H;1H2.